The molecule has 0 aliphatic rings. The first-order chi connectivity index (χ1) is 10.0. The predicted molar refractivity (Wildman–Crippen MR) is 89.6 cm³/mol. The van der Waals surface area contributed by atoms with E-state index in [0.717, 1.165) is 26.2 Å². The Bertz CT molecular complexity index is 615. The summed E-state index contributed by atoms with van der Waals surface area (Å²) >= 11 is 11.1. The van der Waals surface area contributed by atoms with Gasteiger partial charge in [-0.15, -0.1) is 11.3 Å². The molecule has 114 valence electrons. The second-order valence-electron chi connectivity index (χ2n) is 4.53. The van der Waals surface area contributed by atoms with E-state index in [0.29, 0.717) is 18.2 Å². The van der Waals surface area contributed by atoms with Crippen molar-refractivity contribution in [2.75, 3.05) is 20.3 Å². The molecule has 0 aliphatic heterocycles. The van der Waals surface area contributed by atoms with Crippen LogP contribution < -0.4 is 4.74 Å². The molecule has 21 heavy (non-hydrogen) atoms. The maximum atomic E-state index is 10.5. The minimum absolute atomic E-state index is 0.479. The zero-order chi connectivity index (χ0) is 15.4. The maximum Gasteiger partial charge on any atom is 0.133 e. The molecule has 6 heteroatoms. The Hall–Kier alpha value is -0.590. The summed E-state index contributed by atoms with van der Waals surface area (Å²) < 4.78 is 11.3. The standard InChI is InChI=1S/C15H16BrClO3S/c1-9-8-21-15(13(9)17)14(18)10-3-4-12(11(16)7-10)20-6-5-19-2/h3-4,7-8,14,18H,5-6H2,1-2H3. The van der Waals surface area contributed by atoms with Crippen LogP contribution in [0.2, 0.25) is 5.02 Å². The second kappa shape index (κ2) is 7.61. The number of halogens is 2. The van der Waals surface area contributed by atoms with E-state index < -0.39 is 6.10 Å². The number of thiophene rings is 1. The van der Waals surface area contributed by atoms with Crippen molar-refractivity contribution in [3.05, 3.63) is 49.1 Å². The van der Waals surface area contributed by atoms with Gasteiger partial charge < -0.3 is 14.6 Å². The number of methoxy groups -OCH3 is 1. The zero-order valence-electron chi connectivity index (χ0n) is 11.7. The van der Waals surface area contributed by atoms with Crippen LogP contribution in [0, 0.1) is 6.92 Å². The third-order valence-electron chi connectivity index (χ3n) is 2.99. The first kappa shape index (κ1) is 16.8. The van der Waals surface area contributed by atoms with Crippen LogP contribution in [0.5, 0.6) is 5.75 Å². The fourth-order valence-corrected chi connectivity index (χ4v) is 3.64. The molecule has 1 aromatic carbocycles. The van der Waals surface area contributed by atoms with Gasteiger partial charge in [0.2, 0.25) is 0 Å². The second-order valence-corrected chi connectivity index (χ2v) is 6.67. The number of benzene rings is 1. The number of aliphatic hydroxyl groups excluding tert-OH is 1. The van der Waals surface area contributed by atoms with Gasteiger partial charge in [-0.25, -0.2) is 0 Å². The highest BCUT2D eigenvalue weighted by Crippen LogP contribution is 2.37. The average Bonchev–Trinajstić information content (AvgIpc) is 2.80. The third kappa shape index (κ3) is 3.99. The van der Waals surface area contributed by atoms with Crippen LogP contribution in [0.1, 0.15) is 22.1 Å². The Morgan fingerprint density at radius 1 is 1.38 bits per heavy atom. The topological polar surface area (TPSA) is 38.7 Å². The van der Waals surface area contributed by atoms with E-state index >= 15 is 0 Å². The summed E-state index contributed by atoms with van der Waals surface area (Å²) in [4.78, 5) is 0.758. The van der Waals surface area contributed by atoms with E-state index in [-0.39, 0.29) is 0 Å². The molecule has 1 heterocycles. The molecule has 0 spiro atoms. The van der Waals surface area contributed by atoms with Gasteiger partial charge in [0.15, 0.2) is 0 Å². The molecule has 1 aromatic heterocycles. The molecule has 0 amide bonds. The van der Waals surface area contributed by atoms with E-state index in [2.05, 4.69) is 15.9 Å². The summed E-state index contributed by atoms with van der Waals surface area (Å²) in [6.45, 7) is 2.94. The normalized spacial score (nSPS) is 12.4. The third-order valence-corrected chi connectivity index (χ3v) is 5.38. The molecule has 0 bridgehead atoms. The molecule has 1 unspecified atom stereocenters. The number of ether oxygens (including phenoxy) is 2. The highest BCUT2D eigenvalue weighted by Gasteiger charge is 2.18. The molecule has 0 saturated carbocycles. The average molecular weight is 392 g/mol. The lowest BCUT2D eigenvalue weighted by atomic mass is 10.1. The summed E-state index contributed by atoms with van der Waals surface area (Å²) in [5, 5.41) is 13.0. The van der Waals surface area contributed by atoms with Gasteiger partial charge in [0, 0.05) is 7.11 Å². The number of aryl methyl sites for hydroxylation is 1. The minimum Gasteiger partial charge on any atom is -0.490 e. The molecule has 0 fully saturated rings. The lowest BCUT2D eigenvalue weighted by Gasteiger charge is -2.13. The summed E-state index contributed by atoms with van der Waals surface area (Å²) in [6, 6.07) is 5.51. The highest BCUT2D eigenvalue weighted by atomic mass is 79.9. The SMILES string of the molecule is COCCOc1ccc(C(O)c2scc(C)c2Cl)cc1Br. The van der Waals surface area contributed by atoms with Crippen LogP contribution in [0.3, 0.4) is 0 Å². The van der Waals surface area contributed by atoms with Gasteiger partial charge in [0.1, 0.15) is 18.5 Å². The quantitative estimate of drug-likeness (QED) is 0.733. The highest BCUT2D eigenvalue weighted by molar-refractivity contribution is 9.10. The van der Waals surface area contributed by atoms with Crippen LogP contribution in [0.4, 0.5) is 0 Å². The monoisotopic (exact) mass is 390 g/mol. The Morgan fingerprint density at radius 2 is 2.14 bits per heavy atom. The molecule has 0 saturated heterocycles. The maximum absolute atomic E-state index is 10.5. The molecule has 1 N–H and O–H groups in total. The van der Waals surface area contributed by atoms with Crippen LogP contribution in [-0.2, 0) is 4.74 Å². The summed E-state index contributed by atoms with van der Waals surface area (Å²) in [5.74, 6) is 0.719. The van der Waals surface area contributed by atoms with Crippen LogP contribution in [0.25, 0.3) is 0 Å². The number of hydrogen-bond acceptors (Lipinski definition) is 4. The fourth-order valence-electron chi connectivity index (χ4n) is 1.82. The van der Waals surface area contributed by atoms with E-state index in [1.165, 1.54) is 11.3 Å². The largest absolute Gasteiger partial charge is 0.490 e. The number of hydrogen-bond donors (Lipinski definition) is 1. The van der Waals surface area contributed by atoms with Crippen molar-refractivity contribution in [2.45, 2.75) is 13.0 Å². The Balaban J connectivity index is 2.17. The van der Waals surface area contributed by atoms with Crippen molar-refractivity contribution in [2.24, 2.45) is 0 Å². The lowest BCUT2D eigenvalue weighted by molar-refractivity contribution is 0.146. The van der Waals surface area contributed by atoms with E-state index in [4.69, 9.17) is 21.1 Å². The van der Waals surface area contributed by atoms with Crippen molar-refractivity contribution < 1.29 is 14.6 Å². The number of rotatable bonds is 6. The van der Waals surface area contributed by atoms with Crippen molar-refractivity contribution in [1.29, 1.82) is 0 Å². The molecule has 2 rings (SSSR count). The van der Waals surface area contributed by atoms with E-state index in [1.807, 2.05) is 30.5 Å². The van der Waals surface area contributed by atoms with Gasteiger partial charge in [-0.3, -0.25) is 0 Å². The van der Waals surface area contributed by atoms with Crippen molar-refractivity contribution in [1.82, 2.24) is 0 Å². The fraction of sp³-hybridized carbons (Fsp3) is 0.333. The van der Waals surface area contributed by atoms with Crippen molar-refractivity contribution >= 4 is 38.9 Å². The van der Waals surface area contributed by atoms with Gasteiger partial charge in [-0.2, -0.15) is 0 Å². The summed E-state index contributed by atoms with van der Waals surface area (Å²) in [7, 11) is 1.63. The number of aliphatic hydroxyl groups is 1. The minimum atomic E-state index is -0.736. The summed E-state index contributed by atoms with van der Waals surface area (Å²) in [6.07, 6.45) is -0.736. The van der Waals surface area contributed by atoms with Crippen LogP contribution in [-0.4, -0.2) is 25.4 Å². The molecular formula is C15H16BrClO3S. The zero-order valence-corrected chi connectivity index (χ0v) is 14.9. The lowest BCUT2D eigenvalue weighted by Crippen LogP contribution is -2.05. The van der Waals surface area contributed by atoms with Gasteiger partial charge >= 0.3 is 0 Å². The van der Waals surface area contributed by atoms with Gasteiger partial charge in [0.05, 0.1) is 21.0 Å². The Kier molecular flexibility index (Phi) is 6.08. The Morgan fingerprint density at radius 3 is 2.71 bits per heavy atom. The Labute approximate surface area is 141 Å². The van der Waals surface area contributed by atoms with Gasteiger partial charge in [0.25, 0.3) is 0 Å². The smallest absolute Gasteiger partial charge is 0.133 e. The molecular weight excluding hydrogens is 376 g/mol. The molecule has 0 aliphatic carbocycles. The van der Waals surface area contributed by atoms with E-state index in [9.17, 15) is 5.11 Å². The van der Waals surface area contributed by atoms with Gasteiger partial charge in [-0.1, -0.05) is 17.7 Å². The molecule has 1 atom stereocenters. The summed E-state index contributed by atoms with van der Waals surface area (Å²) in [5.41, 5.74) is 1.75. The van der Waals surface area contributed by atoms with Gasteiger partial charge in [-0.05, 0) is 51.5 Å². The van der Waals surface area contributed by atoms with E-state index in [1.54, 1.807) is 7.11 Å². The van der Waals surface area contributed by atoms with Crippen LogP contribution >= 0.6 is 38.9 Å². The first-order valence-corrected chi connectivity index (χ1v) is 8.42. The predicted octanol–water partition coefficient (Wildman–Crippen LogP) is 4.58. The molecule has 0 radical (unpaired) electrons. The van der Waals surface area contributed by atoms with Crippen molar-refractivity contribution in [3.63, 3.8) is 0 Å². The molecule has 3 nitrogen and oxygen atoms in total. The molecule has 2 aromatic rings. The van der Waals surface area contributed by atoms with Crippen molar-refractivity contribution in [3.8, 4) is 5.75 Å². The van der Waals surface area contributed by atoms with Crippen LogP contribution in [0.15, 0.2) is 28.1 Å². The first-order valence-electron chi connectivity index (χ1n) is 6.37.